The first-order valence-corrected chi connectivity index (χ1v) is 3.24. The fourth-order valence-electron chi connectivity index (χ4n) is 0.0577. The quantitative estimate of drug-likeness (QED) is 0.415. The van der Waals surface area contributed by atoms with Crippen LogP contribution in [0.15, 0.2) is 12.2 Å². The number of carboxylic acid groups (broad SMARTS) is 1. The average molecular weight is 178 g/mol. The minimum absolute atomic E-state index is 0.176. The van der Waals surface area contributed by atoms with Gasteiger partial charge in [-0.2, -0.15) is 0 Å². The second kappa shape index (κ2) is 8.19. The molecule has 4 N–H and O–H groups in total. The van der Waals surface area contributed by atoms with Crippen LogP contribution in [0.25, 0.3) is 0 Å². The number of rotatable bonds is 3. The van der Waals surface area contributed by atoms with E-state index in [1.807, 2.05) is 0 Å². The van der Waals surface area contributed by atoms with Crippen molar-refractivity contribution in [3.8, 4) is 0 Å². The van der Waals surface area contributed by atoms with E-state index in [9.17, 15) is 4.79 Å². The molecule has 0 rings (SSSR count). The van der Waals surface area contributed by atoms with Gasteiger partial charge < -0.3 is 20.4 Å². The smallest absolute Gasteiger partial charge is 0.330 e. The Bertz CT molecular complexity index is 127. The van der Waals surface area contributed by atoms with Crippen LogP contribution in [0.1, 0.15) is 6.92 Å². The molecule has 0 aromatic rings. The minimum Gasteiger partial charge on any atom is -0.478 e. The third kappa shape index (κ3) is 11.8. The van der Waals surface area contributed by atoms with E-state index in [-0.39, 0.29) is 18.8 Å². The van der Waals surface area contributed by atoms with E-state index in [1.54, 1.807) is 0 Å². The molecule has 0 saturated carbocycles. The van der Waals surface area contributed by atoms with Gasteiger partial charge in [-0.15, -0.1) is 0 Å². The topological polar surface area (TPSA) is 98.0 Å². The second-order valence-corrected chi connectivity index (χ2v) is 2.10. The van der Waals surface area contributed by atoms with E-state index in [2.05, 4.69) is 6.58 Å². The van der Waals surface area contributed by atoms with Crippen LogP contribution < -0.4 is 0 Å². The molecule has 0 fully saturated rings. The van der Waals surface area contributed by atoms with Crippen LogP contribution in [0.2, 0.25) is 0 Å². The lowest BCUT2D eigenvalue weighted by Gasteiger charge is -1.96. The van der Waals surface area contributed by atoms with Gasteiger partial charge in [-0.3, -0.25) is 0 Å². The third-order valence-electron chi connectivity index (χ3n) is 0.787. The summed E-state index contributed by atoms with van der Waals surface area (Å²) in [6.07, 6.45) is -0.954. The fraction of sp³-hybridized carbons (Fsp3) is 0.571. The molecule has 72 valence electrons. The van der Waals surface area contributed by atoms with Crippen molar-refractivity contribution in [2.24, 2.45) is 0 Å². The van der Waals surface area contributed by atoms with E-state index >= 15 is 0 Å². The summed E-state index contributed by atoms with van der Waals surface area (Å²) in [4.78, 5) is 9.60. The molecule has 12 heavy (non-hydrogen) atoms. The van der Waals surface area contributed by atoms with Gasteiger partial charge in [0.2, 0.25) is 0 Å². The van der Waals surface area contributed by atoms with E-state index in [1.165, 1.54) is 6.92 Å². The van der Waals surface area contributed by atoms with Gasteiger partial charge in [0, 0.05) is 5.57 Å². The SMILES string of the molecule is C=C(C)C(=O)O.OCC(O)CO. The van der Waals surface area contributed by atoms with Crippen molar-refractivity contribution in [3.63, 3.8) is 0 Å². The Balaban J connectivity index is 0. The molecule has 5 heteroatoms. The van der Waals surface area contributed by atoms with Gasteiger partial charge in [0.15, 0.2) is 0 Å². The molecular formula is C7H14O5. The maximum absolute atomic E-state index is 9.60. The van der Waals surface area contributed by atoms with Crippen molar-refractivity contribution in [1.82, 2.24) is 0 Å². The van der Waals surface area contributed by atoms with Gasteiger partial charge in [0.25, 0.3) is 0 Å². The van der Waals surface area contributed by atoms with Gasteiger partial charge in [-0.25, -0.2) is 4.79 Å². The van der Waals surface area contributed by atoms with E-state index in [4.69, 9.17) is 20.4 Å². The Morgan fingerprint density at radius 1 is 1.42 bits per heavy atom. The van der Waals surface area contributed by atoms with Gasteiger partial charge in [-0.1, -0.05) is 6.58 Å². The van der Waals surface area contributed by atoms with Crippen LogP contribution in [0.5, 0.6) is 0 Å². The molecule has 0 aromatic carbocycles. The minimum atomic E-state index is -0.954. The molecule has 0 heterocycles. The molecule has 0 aromatic heterocycles. The van der Waals surface area contributed by atoms with Crippen molar-refractivity contribution in [3.05, 3.63) is 12.2 Å². The molecule has 0 aliphatic heterocycles. The number of carbonyl (C=O) groups is 1. The number of hydrogen-bond donors (Lipinski definition) is 4. The van der Waals surface area contributed by atoms with Crippen LogP contribution in [0, 0.1) is 0 Å². The van der Waals surface area contributed by atoms with E-state index in [0.717, 1.165) is 0 Å². The maximum Gasteiger partial charge on any atom is 0.330 e. The molecule has 0 radical (unpaired) electrons. The first-order chi connectivity index (χ1) is 5.45. The Morgan fingerprint density at radius 3 is 1.67 bits per heavy atom. The highest BCUT2D eigenvalue weighted by molar-refractivity contribution is 5.84. The van der Waals surface area contributed by atoms with Crippen LogP contribution in [0.3, 0.4) is 0 Å². The van der Waals surface area contributed by atoms with Crippen molar-refractivity contribution >= 4 is 5.97 Å². The van der Waals surface area contributed by atoms with Gasteiger partial charge >= 0.3 is 5.97 Å². The lowest BCUT2D eigenvalue weighted by atomic mass is 10.4. The average Bonchev–Trinajstić information content (AvgIpc) is 2.04. The zero-order chi connectivity index (χ0) is 10.1. The standard InChI is InChI=1S/C4H6O2.C3H8O3/c1-3(2)4(5)6;4-1-3(6)2-5/h1H2,2H3,(H,5,6);3-6H,1-2H2. The van der Waals surface area contributed by atoms with Crippen molar-refractivity contribution in [2.45, 2.75) is 13.0 Å². The van der Waals surface area contributed by atoms with Gasteiger partial charge in [-0.05, 0) is 6.92 Å². The highest BCUT2D eigenvalue weighted by Gasteiger charge is 1.93. The van der Waals surface area contributed by atoms with E-state index in [0.29, 0.717) is 0 Å². The number of aliphatic carboxylic acids is 1. The number of hydrogen-bond acceptors (Lipinski definition) is 4. The molecular weight excluding hydrogens is 164 g/mol. The largest absolute Gasteiger partial charge is 0.478 e. The summed E-state index contributed by atoms with van der Waals surface area (Å²) in [5, 5.41) is 31.9. The van der Waals surface area contributed by atoms with Crippen molar-refractivity contribution in [2.75, 3.05) is 13.2 Å². The predicted molar refractivity (Wildman–Crippen MR) is 42.6 cm³/mol. The molecule has 0 atom stereocenters. The number of aliphatic hydroxyl groups excluding tert-OH is 3. The zero-order valence-electron chi connectivity index (χ0n) is 6.90. The Labute approximate surface area is 70.6 Å². The zero-order valence-corrected chi connectivity index (χ0v) is 6.90. The Kier molecular flexibility index (Phi) is 9.32. The third-order valence-corrected chi connectivity index (χ3v) is 0.787. The Hall–Kier alpha value is -0.910. The van der Waals surface area contributed by atoms with Crippen LogP contribution in [0.4, 0.5) is 0 Å². The van der Waals surface area contributed by atoms with Crippen LogP contribution in [-0.4, -0.2) is 45.7 Å². The Morgan fingerprint density at radius 2 is 1.67 bits per heavy atom. The number of carboxylic acids is 1. The molecule has 0 unspecified atom stereocenters. The molecule has 0 amide bonds. The predicted octanol–water partition coefficient (Wildman–Crippen LogP) is -1.02. The summed E-state index contributed by atoms with van der Waals surface area (Å²) < 4.78 is 0. The summed E-state index contributed by atoms with van der Waals surface area (Å²) >= 11 is 0. The number of aliphatic hydroxyl groups is 3. The fourth-order valence-corrected chi connectivity index (χ4v) is 0.0577. The lowest BCUT2D eigenvalue weighted by Crippen LogP contribution is -2.15. The first-order valence-electron chi connectivity index (χ1n) is 3.24. The van der Waals surface area contributed by atoms with Crippen molar-refractivity contribution < 1.29 is 25.2 Å². The molecule has 5 nitrogen and oxygen atoms in total. The summed E-state index contributed by atoms with van der Waals surface area (Å²) in [7, 11) is 0. The molecule has 0 saturated heterocycles. The van der Waals surface area contributed by atoms with Gasteiger partial charge in [0.1, 0.15) is 6.10 Å². The van der Waals surface area contributed by atoms with Crippen molar-refractivity contribution in [1.29, 1.82) is 0 Å². The van der Waals surface area contributed by atoms with E-state index < -0.39 is 12.1 Å². The van der Waals surface area contributed by atoms with Crippen LogP contribution in [-0.2, 0) is 4.79 Å². The monoisotopic (exact) mass is 178 g/mol. The lowest BCUT2D eigenvalue weighted by molar-refractivity contribution is -0.132. The summed E-state index contributed by atoms with van der Waals surface area (Å²) in [6.45, 7) is 3.87. The summed E-state index contributed by atoms with van der Waals surface area (Å²) in [6, 6.07) is 0. The summed E-state index contributed by atoms with van der Waals surface area (Å²) in [5.41, 5.74) is 0.176. The van der Waals surface area contributed by atoms with Gasteiger partial charge in [0.05, 0.1) is 13.2 Å². The highest BCUT2D eigenvalue weighted by Crippen LogP contribution is 1.81. The second-order valence-electron chi connectivity index (χ2n) is 2.10. The maximum atomic E-state index is 9.60. The molecule has 0 aliphatic rings. The summed E-state index contributed by atoms with van der Waals surface area (Å²) in [5.74, 6) is -0.935. The molecule has 0 aliphatic carbocycles. The first kappa shape index (κ1) is 13.7. The molecule has 0 spiro atoms. The molecule has 0 bridgehead atoms. The normalized spacial score (nSPS) is 8.75. The highest BCUT2D eigenvalue weighted by atomic mass is 16.4. The van der Waals surface area contributed by atoms with Crippen LogP contribution >= 0.6 is 0 Å².